The third-order valence-electron chi connectivity index (χ3n) is 0.387. The summed E-state index contributed by atoms with van der Waals surface area (Å²) >= 11 is 0. The maximum Gasteiger partial charge on any atom is 0.491 e. The number of hydrogen-bond donors (Lipinski definition) is 2. The molecule has 6 heavy (non-hydrogen) atoms. The molecule has 4 heteroatoms. The lowest BCUT2D eigenvalue weighted by molar-refractivity contribution is 0.194. The molecular formula is C2H8O3Si. The van der Waals surface area contributed by atoms with E-state index in [1.807, 2.05) is 0 Å². The summed E-state index contributed by atoms with van der Waals surface area (Å²) in [5.41, 5.74) is 0. The molecule has 0 unspecified atom stereocenters. The van der Waals surface area contributed by atoms with Gasteiger partial charge in [0.2, 0.25) is 0 Å². The molecule has 0 aromatic carbocycles. The zero-order valence-electron chi connectivity index (χ0n) is 3.80. The third-order valence-corrected chi connectivity index (χ3v) is 1.16. The average molecular weight is 108 g/mol. The van der Waals surface area contributed by atoms with Crippen LogP contribution >= 0.6 is 0 Å². The maximum atomic E-state index is 8.30. The van der Waals surface area contributed by atoms with Crippen LogP contribution in [0.3, 0.4) is 0 Å². The second kappa shape index (κ2) is 1.70. The molecule has 0 bridgehead atoms. The molecule has 0 radical (unpaired) electrons. The molecule has 0 aliphatic heterocycles. The van der Waals surface area contributed by atoms with E-state index in [0.717, 1.165) is 0 Å². The molecule has 0 saturated carbocycles. The first-order valence-corrected chi connectivity index (χ1v) is 3.86. The molecule has 2 N–H and O–H groups in total. The first-order chi connectivity index (χ1) is 2.56. The highest BCUT2D eigenvalue weighted by Gasteiger charge is 2.20. The molecule has 38 valence electrons. The first-order valence-electron chi connectivity index (χ1n) is 1.56. The van der Waals surface area contributed by atoms with Crippen molar-refractivity contribution in [3.05, 3.63) is 0 Å². The Morgan fingerprint density at radius 1 is 1.50 bits per heavy atom. The van der Waals surface area contributed by atoms with Crippen LogP contribution in [0.1, 0.15) is 0 Å². The second-order valence-corrected chi connectivity index (χ2v) is 3.41. The summed E-state index contributed by atoms with van der Waals surface area (Å²) < 4.78 is 4.19. The van der Waals surface area contributed by atoms with Crippen LogP contribution < -0.4 is 0 Å². The third kappa shape index (κ3) is 4.10. The van der Waals surface area contributed by atoms with Gasteiger partial charge in [-0.2, -0.15) is 0 Å². The molecule has 0 heterocycles. The Hall–Kier alpha value is 0.0969. The van der Waals surface area contributed by atoms with Crippen LogP contribution in [0.25, 0.3) is 0 Å². The lowest BCUT2D eigenvalue weighted by Gasteiger charge is -2.04. The van der Waals surface area contributed by atoms with Gasteiger partial charge in [-0.1, -0.05) is 0 Å². The van der Waals surface area contributed by atoms with Crippen molar-refractivity contribution in [3.63, 3.8) is 0 Å². The quantitative estimate of drug-likeness (QED) is 0.432. The Balaban J connectivity index is 3.17. The number of hydrogen-bond acceptors (Lipinski definition) is 3. The molecule has 0 fully saturated rings. The van der Waals surface area contributed by atoms with Crippen LogP contribution in [-0.2, 0) is 4.43 Å². The van der Waals surface area contributed by atoms with Crippen molar-refractivity contribution in [2.45, 2.75) is 6.55 Å². The van der Waals surface area contributed by atoms with Crippen LogP contribution in [0.2, 0.25) is 6.55 Å². The second-order valence-electron chi connectivity index (χ2n) is 1.14. The van der Waals surface area contributed by atoms with Gasteiger partial charge >= 0.3 is 8.80 Å². The van der Waals surface area contributed by atoms with Gasteiger partial charge in [0.15, 0.2) is 0 Å². The smallest absolute Gasteiger partial charge is 0.390 e. The fraction of sp³-hybridized carbons (Fsp3) is 1.00. The van der Waals surface area contributed by atoms with Gasteiger partial charge in [0.05, 0.1) is 0 Å². The van der Waals surface area contributed by atoms with E-state index >= 15 is 0 Å². The fourth-order valence-corrected chi connectivity index (χ4v) is 0. The molecule has 0 saturated heterocycles. The SMILES string of the molecule is CO[Si](C)(O)O. The minimum absolute atomic E-state index is 1.27. The van der Waals surface area contributed by atoms with E-state index < -0.39 is 8.80 Å². The van der Waals surface area contributed by atoms with Gasteiger partial charge < -0.3 is 14.0 Å². The van der Waals surface area contributed by atoms with Crippen molar-refractivity contribution in [3.8, 4) is 0 Å². The highest BCUT2D eigenvalue weighted by molar-refractivity contribution is 6.55. The van der Waals surface area contributed by atoms with E-state index in [1.54, 1.807) is 0 Å². The molecule has 0 aliphatic carbocycles. The molecule has 0 amide bonds. The zero-order valence-corrected chi connectivity index (χ0v) is 4.80. The molecule has 0 aromatic rings. The largest absolute Gasteiger partial charge is 0.491 e. The van der Waals surface area contributed by atoms with E-state index in [4.69, 9.17) is 9.59 Å². The minimum atomic E-state index is -3.13. The Kier molecular flexibility index (Phi) is 1.73. The lowest BCUT2D eigenvalue weighted by atomic mass is 11.8. The van der Waals surface area contributed by atoms with Crippen LogP contribution in [-0.4, -0.2) is 25.5 Å². The van der Waals surface area contributed by atoms with Crippen molar-refractivity contribution in [1.29, 1.82) is 0 Å². The lowest BCUT2D eigenvalue weighted by Crippen LogP contribution is -2.32. The van der Waals surface area contributed by atoms with Gasteiger partial charge in [0, 0.05) is 13.7 Å². The Morgan fingerprint density at radius 3 is 1.67 bits per heavy atom. The van der Waals surface area contributed by atoms with Crippen molar-refractivity contribution < 1.29 is 14.0 Å². The topological polar surface area (TPSA) is 49.7 Å². The molecule has 3 nitrogen and oxygen atoms in total. The summed E-state index contributed by atoms with van der Waals surface area (Å²) in [6.07, 6.45) is 0. The zero-order chi connectivity index (χ0) is 5.21. The normalized spacial score (nSPS) is 12.0. The monoisotopic (exact) mass is 108 g/mol. The predicted molar refractivity (Wildman–Crippen MR) is 23.1 cm³/mol. The van der Waals surface area contributed by atoms with E-state index in [2.05, 4.69) is 4.43 Å². The Labute approximate surface area is 37.6 Å². The molecule has 0 aliphatic rings. The summed E-state index contributed by atoms with van der Waals surface area (Å²) in [6, 6.07) is 0. The first kappa shape index (κ1) is 6.10. The van der Waals surface area contributed by atoms with Crippen LogP contribution in [0, 0.1) is 0 Å². The predicted octanol–water partition coefficient (Wildman–Crippen LogP) is -0.814. The summed E-state index contributed by atoms with van der Waals surface area (Å²) in [4.78, 5) is 16.6. The van der Waals surface area contributed by atoms with Crippen molar-refractivity contribution >= 4 is 8.80 Å². The van der Waals surface area contributed by atoms with Crippen molar-refractivity contribution in [2.75, 3.05) is 7.11 Å². The van der Waals surface area contributed by atoms with Gasteiger partial charge in [-0.3, -0.25) is 0 Å². The van der Waals surface area contributed by atoms with Gasteiger partial charge in [-0.25, -0.2) is 0 Å². The fourth-order valence-electron chi connectivity index (χ4n) is 0. The maximum absolute atomic E-state index is 8.30. The van der Waals surface area contributed by atoms with E-state index in [-0.39, 0.29) is 0 Å². The van der Waals surface area contributed by atoms with E-state index in [1.165, 1.54) is 13.7 Å². The highest BCUT2D eigenvalue weighted by Crippen LogP contribution is 1.86. The van der Waals surface area contributed by atoms with E-state index in [9.17, 15) is 0 Å². The molecule has 0 aromatic heterocycles. The molecule has 0 spiro atoms. The van der Waals surface area contributed by atoms with Crippen molar-refractivity contribution in [2.24, 2.45) is 0 Å². The molecule has 0 rings (SSSR count). The van der Waals surface area contributed by atoms with Gasteiger partial charge in [-0.05, 0) is 0 Å². The summed E-state index contributed by atoms with van der Waals surface area (Å²) in [5.74, 6) is 0. The van der Waals surface area contributed by atoms with Crippen LogP contribution in [0.5, 0.6) is 0 Å². The van der Waals surface area contributed by atoms with Crippen LogP contribution in [0.15, 0.2) is 0 Å². The Morgan fingerprint density at radius 2 is 1.67 bits per heavy atom. The summed E-state index contributed by atoms with van der Waals surface area (Å²) in [6.45, 7) is 1.27. The summed E-state index contributed by atoms with van der Waals surface area (Å²) in [5, 5.41) is 0. The van der Waals surface area contributed by atoms with Gasteiger partial charge in [0.1, 0.15) is 0 Å². The average Bonchev–Trinajstić information content (AvgIpc) is 1.35. The standard InChI is InChI=1S/C2H8O3Si/c1-5-6(2,3)4/h3-4H,1-2H3. The van der Waals surface area contributed by atoms with Gasteiger partial charge in [-0.15, -0.1) is 0 Å². The molecular weight excluding hydrogens is 100 g/mol. The van der Waals surface area contributed by atoms with Crippen LogP contribution in [0.4, 0.5) is 0 Å². The Bertz CT molecular complexity index is 38.5. The molecule has 0 atom stereocenters. The van der Waals surface area contributed by atoms with Crippen molar-refractivity contribution in [1.82, 2.24) is 0 Å². The number of rotatable bonds is 1. The minimum Gasteiger partial charge on any atom is -0.390 e. The highest BCUT2D eigenvalue weighted by atomic mass is 28.4. The van der Waals surface area contributed by atoms with E-state index in [0.29, 0.717) is 0 Å². The van der Waals surface area contributed by atoms with Gasteiger partial charge in [0.25, 0.3) is 0 Å². The summed E-state index contributed by atoms with van der Waals surface area (Å²) in [7, 11) is -1.86.